The SMILES string of the molecule is O=C(O)[C@@H]1C[C@H]1c1ccc(Cl)cc1[N+](=O)[O-]. The van der Waals surface area contributed by atoms with Gasteiger partial charge in [0.2, 0.25) is 0 Å². The second kappa shape index (κ2) is 3.75. The number of nitrogens with zero attached hydrogens (tertiary/aromatic N) is 1. The average molecular weight is 242 g/mol. The van der Waals surface area contributed by atoms with E-state index in [2.05, 4.69) is 0 Å². The fraction of sp³-hybridized carbons (Fsp3) is 0.300. The molecule has 6 heteroatoms. The Balaban J connectivity index is 2.35. The standard InChI is InChI=1S/C10H8ClNO4/c11-5-1-2-6(9(3-5)12(15)16)7-4-8(7)10(13)14/h1-3,7-8H,4H2,(H,13,14)/t7-,8+/m0/s1. The number of hydrogen-bond acceptors (Lipinski definition) is 3. The first-order valence-electron chi connectivity index (χ1n) is 4.67. The molecule has 0 amide bonds. The van der Waals surface area contributed by atoms with E-state index in [9.17, 15) is 14.9 Å². The van der Waals surface area contributed by atoms with Crippen LogP contribution < -0.4 is 0 Å². The summed E-state index contributed by atoms with van der Waals surface area (Å²) in [7, 11) is 0. The van der Waals surface area contributed by atoms with Crippen LogP contribution in [0.15, 0.2) is 18.2 Å². The maximum Gasteiger partial charge on any atom is 0.307 e. The number of carbonyl (C=O) groups is 1. The third-order valence-corrected chi connectivity index (χ3v) is 2.93. The summed E-state index contributed by atoms with van der Waals surface area (Å²) in [4.78, 5) is 21.0. The van der Waals surface area contributed by atoms with Gasteiger partial charge in [-0.05, 0) is 12.5 Å². The van der Waals surface area contributed by atoms with E-state index in [0.717, 1.165) is 0 Å². The van der Waals surface area contributed by atoms with Gasteiger partial charge in [0.1, 0.15) is 0 Å². The van der Waals surface area contributed by atoms with Gasteiger partial charge in [-0.15, -0.1) is 0 Å². The van der Waals surface area contributed by atoms with Gasteiger partial charge in [-0.2, -0.15) is 0 Å². The molecule has 1 aromatic rings. The molecule has 1 aliphatic rings. The molecular formula is C10H8ClNO4. The fourth-order valence-electron chi connectivity index (χ4n) is 1.80. The second-order valence-corrected chi connectivity index (χ2v) is 4.18. The summed E-state index contributed by atoms with van der Waals surface area (Å²) in [5, 5.41) is 19.8. The van der Waals surface area contributed by atoms with Crippen molar-refractivity contribution < 1.29 is 14.8 Å². The molecule has 1 fully saturated rings. The number of nitro groups is 1. The van der Waals surface area contributed by atoms with Gasteiger partial charge < -0.3 is 5.11 Å². The molecule has 1 saturated carbocycles. The maximum atomic E-state index is 10.8. The lowest BCUT2D eigenvalue weighted by Gasteiger charge is -2.01. The number of hydrogen-bond donors (Lipinski definition) is 1. The van der Waals surface area contributed by atoms with Crippen molar-refractivity contribution in [3.8, 4) is 0 Å². The highest BCUT2D eigenvalue weighted by molar-refractivity contribution is 6.30. The molecule has 2 rings (SSSR count). The van der Waals surface area contributed by atoms with E-state index in [-0.39, 0.29) is 16.6 Å². The van der Waals surface area contributed by atoms with Crippen LogP contribution in [-0.4, -0.2) is 16.0 Å². The summed E-state index contributed by atoms with van der Waals surface area (Å²) in [6.45, 7) is 0. The van der Waals surface area contributed by atoms with Crippen LogP contribution in [0.5, 0.6) is 0 Å². The number of nitro benzene ring substituents is 1. The van der Waals surface area contributed by atoms with Crippen LogP contribution in [0, 0.1) is 16.0 Å². The predicted octanol–water partition coefficient (Wildman–Crippen LogP) is 2.44. The monoisotopic (exact) mass is 241 g/mol. The largest absolute Gasteiger partial charge is 0.481 e. The molecule has 1 aliphatic carbocycles. The van der Waals surface area contributed by atoms with E-state index in [1.54, 1.807) is 6.07 Å². The lowest BCUT2D eigenvalue weighted by molar-refractivity contribution is -0.385. The number of benzene rings is 1. The van der Waals surface area contributed by atoms with Gasteiger partial charge in [0.15, 0.2) is 0 Å². The highest BCUT2D eigenvalue weighted by Crippen LogP contribution is 2.50. The van der Waals surface area contributed by atoms with Crippen molar-refractivity contribution in [3.63, 3.8) is 0 Å². The molecule has 5 nitrogen and oxygen atoms in total. The van der Waals surface area contributed by atoms with Crippen molar-refractivity contribution in [2.75, 3.05) is 0 Å². The first kappa shape index (κ1) is 10.9. The zero-order chi connectivity index (χ0) is 11.9. The molecule has 1 aromatic carbocycles. The third-order valence-electron chi connectivity index (χ3n) is 2.70. The van der Waals surface area contributed by atoms with E-state index >= 15 is 0 Å². The molecule has 2 atom stereocenters. The summed E-state index contributed by atoms with van der Waals surface area (Å²) in [6.07, 6.45) is 0.456. The Kier molecular flexibility index (Phi) is 2.55. The minimum Gasteiger partial charge on any atom is -0.481 e. The van der Waals surface area contributed by atoms with E-state index in [1.807, 2.05) is 0 Å². The van der Waals surface area contributed by atoms with Crippen LogP contribution in [0.25, 0.3) is 0 Å². The summed E-state index contributed by atoms with van der Waals surface area (Å²) in [6, 6.07) is 4.34. The highest BCUT2D eigenvalue weighted by Gasteiger charge is 2.46. The average Bonchev–Trinajstić information content (AvgIpc) is 2.97. The van der Waals surface area contributed by atoms with Gasteiger partial charge in [-0.3, -0.25) is 14.9 Å². The molecule has 0 aromatic heterocycles. The Labute approximate surface area is 95.8 Å². The number of rotatable bonds is 3. The zero-order valence-electron chi connectivity index (χ0n) is 8.09. The lowest BCUT2D eigenvalue weighted by Crippen LogP contribution is -2.01. The van der Waals surface area contributed by atoms with Crippen LogP contribution in [0.2, 0.25) is 5.02 Å². The van der Waals surface area contributed by atoms with E-state index < -0.39 is 16.8 Å². The molecule has 0 spiro atoms. The van der Waals surface area contributed by atoms with Crippen molar-refractivity contribution in [2.45, 2.75) is 12.3 Å². The van der Waals surface area contributed by atoms with Gasteiger partial charge in [-0.1, -0.05) is 17.7 Å². The molecule has 16 heavy (non-hydrogen) atoms. The molecule has 1 N–H and O–H groups in total. The fourth-order valence-corrected chi connectivity index (χ4v) is 1.97. The van der Waals surface area contributed by atoms with E-state index in [1.165, 1.54) is 12.1 Å². The molecular weight excluding hydrogens is 234 g/mol. The van der Waals surface area contributed by atoms with Crippen LogP contribution in [0.1, 0.15) is 17.9 Å². The van der Waals surface area contributed by atoms with E-state index in [0.29, 0.717) is 12.0 Å². The van der Waals surface area contributed by atoms with Crippen LogP contribution in [-0.2, 0) is 4.79 Å². The Morgan fingerprint density at radius 2 is 2.25 bits per heavy atom. The number of carboxylic acids is 1. The van der Waals surface area contributed by atoms with Crippen LogP contribution in [0.3, 0.4) is 0 Å². The maximum absolute atomic E-state index is 10.8. The van der Waals surface area contributed by atoms with Gasteiger partial charge in [0.05, 0.1) is 10.8 Å². The Hall–Kier alpha value is -1.62. The van der Waals surface area contributed by atoms with Crippen molar-refractivity contribution in [3.05, 3.63) is 38.9 Å². The molecule has 0 heterocycles. The van der Waals surface area contributed by atoms with Crippen molar-refractivity contribution >= 4 is 23.3 Å². The minimum absolute atomic E-state index is 0.0961. The number of halogens is 1. The molecule has 84 valence electrons. The van der Waals surface area contributed by atoms with Crippen LogP contribution in [0.4, 0.5) is 5.69 Å². The summed E-state index contributed by atoms with van der Waals surface area (Å²) in [5.74, 6) is -1.66. The Morgan fingerprint density at radius 1 is 1.56 bits per heavy atom. The number of aliphatic carboxylic acids is 1. The van der Waals surface area contributed by atoms with Crippen molar-refractivity contribution in [2.24, 2.45) is 5.92 Å². The first-order chi connectivity index (χ1) is 7.50. The lowest BCUT2D eigenvalue weighted by atomic mass is 10.1. The second-order valence-electron chi connectivity index (χ2n) is 3.75. The minimum atomic E-state index is -0.908. The number of carboxylic acid groups (broad SMARTS) is 1. The smallest absolute Gasteiger partial charge is 0.307 e. The van der Waals surface area contributed by atoms with Gasteiger partial charge in [0.25, 0.3) is 5.69 Å². The van der Waals surface area contributed by atoms with Gasteiger partial charge in [-0.25, -0.2) is 0 Å². The summed E-state index contributed by atoms with van der Waals surface area (Å²) < 4.78 is 0. The molecule has 0 bridgehead atoms. The molecule has 0 unspecified atom stereocenters. The Bertz CT molecular complexity index is 474. The third kappa shape index (κ3) is 1.86. The first-order valence-corrected chi connectivity index (χ1v) is 5.05. The summed E-state index contributed by atoms with van der Waals surface area (Å²) in [5.41, 5.74) is 0.364. The zero-order valence-corrected chi connectivity index (χ0v) is 8.85. The highest BCUT2D eigenvalue weighted by atomic mass is 35.5. The quantitative estimate of drug-likeness (QED) is 0.651. The van der Waals surface area contributed by atoms with Crippen molar-refractivity contribution in [1.29, 1.82) is 0 Å². The Morgan fingerprint density at radius 3 is 2.75 bits per heavy atom. The topological polar surface area (TPSA) is 80.4 Å². The molecule has 0 saturated heterocycles. The molecule has 0 radical (unpaired) electrons. The van der Waals surface area contributed by atoms with Gasteiger partial charge in [0, 0.05) is 22.6 Å². The van der Waals surface area contributed by atoms with Crippen molar-refractivity contribution in [1.82, 2.24) is 0 Å². The summed E-state index contributed by atoms with van der Waals surface area (Å²) >= 11 is 5.66. The molecule has 0 aliphatic heterocycles. The predicted molar refractivity (Wildman–Crippen MR) is 56.6 cm³/mol. The van der Waals surface area contributed by atoms with Crippen LogP contribution >= 0.6 is 11.6 Å². The van der Waals surface area contributed by atoms with Gasteiger partial charge >= 0.3 is 5.97 Å². The normalized spacial score (nSPS) is 22.8. The van der Waals surface area contributed by atoms with E-state index in [4.69, 9.17) is 16.7 Å².